The molecule has 1 aliphatic carbocycles. The summed E-state index contributed by atoms with van der Waals surface area (Å²) in [6.07, 6.45) is 6.15. The summed E-state index contributed by atoms with van der Waals surface area (Å²) in [6.45, 7) is 7.08. The van der Waals surface area contributed by atoms with E-state index < -0.39 is 0 Å². The van der Waals surface area contributed by atoms with Crippen molar-refractivity contribution in [2.45, 2.75) is 64.5 Å². The zero-order chi connectivity index (χ0) is 10.6. The molecule has 0 bridgehead atoms. The summed E-state index contributed by atoms with van der Waals surface area (Å²) in [7, 11) is 0. The molecule has 84 valence electrons. The van der Waals surface area contributed by atoms with Gasteiger partial charge in [0.15, 0.2) is 0 Å². The fourth-order valence-corrected chi connectivity index (χ4v) is 1.93. The van der Waals surface area contributed by atoms with E-state index in [0.29, 0.717) is 12.6 Å². The monoisotopic (exact) mass is 199 g/mol. The molecule has 0 aromatic carbocycles. The van der Waals surface area contributed by atoms with E-state index in [1.807, 2.05) is 0 Å². The van der Waals surface area contributed by atoms with Crippen LogP contribution in [0.15, 0.2) is 0 Å². The number of aliphatic hydroxyl groups excluding tert-OH is 1. The van der Waals surface area contributed by atoms with Crippen molar-refractivity contribution >= 4 is 0 Å². The summed E-state index contributed by atoms with van der Waals surface area (Å²) >= 11 is 0. The molecule has 2 heteroatoms. The molecule has 1 fully saturated rings. The van der Waals surface area contributed by atoms with Gasteiger partial charge in [-0.15, -0.1) is 0 Å². The van der Waals surface area contributed by atoms with Crippen LogP contribution in [-0.2, 0) is 0 Å². The van der Waals surface area contributed by atoms with Crippen LogP contribution in [0.5, 0.6) is 0 Å². The second kappa shape index (κ2) is 5.13. The van der Waals surface area contributed by atoms with Gasteiger partial charge in [0, 0.05) is 11.6 Å². The second-order valence-corrected chi connectivity index (χ2v) is 5.31. The number of nitrogens with one attached hydrogen (secondary N) is 1. The minimum atomic E-state index is 0.108. The summed E-state index contributed by atoms with van der Waals surface area (Å²) < 4.78 is 0. The Bertz CT molecular complexity index is 164. The van der Waals surface area contributed by atoms with E-state index in [1.54, 1.807) is 0 Å². The molecule has 1 saturated carbocycles. The predicted molar refractivity (Wildman–Crippen MR) is 60.3 cm³/mol. The third-order valence-electron chi connectivity index (χ3n) is 3.13. The van der Waals surface area contributed by atoms with Gasteiger partial charge in [-0.25, -0.2) is 0 Å². The molecule has 0 saturated heterocycles. The van der Waals surface area contributed by atoms with Crippen LogP contribution in [0.25, 0.3) is 0 Å². The van der Waals surface area contributed by atoms with Gasteiger partial charge in [-0.05, 0) is 32.1 Å². The molecule has 0 heterocycles. The van der Waals surface area contributed by atoms with Gasteiger partial charge in [0.2, 0.25) is 0 Å². The van der Waals surface area contributed by atoms with Gasteiger partial charge in [0.25, 0.3) is 0 Å². The Labute approximate surface area is 88.1 Å². The van der Waals surface area contributed by atoms with Gasteiger partial charge in [-0.3, -0.25) is 0 Å². The average molecular weight is 199 g/mol. The van der Waals surface area contributed by atoms with E-state index in [-0.39, 0.29) is 5.54 Å². The van der Waals surface area contributed by atoms with Crippen molar-refractivity contribution in [3.63, 3.8) is 0 Å². The highest BCUT2D eigenvalue weighted by Gasteiger charge is 2.42. The normalized spacial score (nSPS) is 21.2. The summed E-state index contributed by atoms with van der Waals surface area (Å²) in [6, 6.07) is 0.559. The van der Waals surface area contributed by atoms with Crippen molar-refractivity contribution in [1.82, 2.24) is 5.32 Å². The Morgan fingerprint density at radius 2 is 1.86 bits per heavy atom. The van der Waals surface area contributed by atoms with Gasteiger partial charge < -0.3 is 10.4 Å². The van der Waals surface area contributed by atoms with Gasteiger partial charge in [0.05, 0.1) is 6.61 Å². The van der Waals surface area contributed by atoms with Crippen LogP contribution in [0.4, 0.5) is 0 Å². The molecule has 0 amide bonds. The molecule has 1 unspecified atom stereocenters. The highest BCUT2D eigenvalue weighted by Crippen LogP contribution is 2.35. The molecule has 1 atom stereocenters. The number of aliphatic hydroxyl groups is 1. The molecule has 0 aromatic rings. The standard InChI is InChI=1S/C12H25NO/c1-10(2)5-4-6-11(3)13-12(9-14)7-8-12/h10-11,13-14H,4-9H2,1-3H3. The van der Waals surface area contributed by atoms with Crippen molar-refractivity contribution in [3.05, 3.63) is 0 Å². The Kier molecular flexibility index (Phi) is 4.39. The maximum atomic E-state index is 9.16. The lowest BCUT2D eigenvalue weighted by Crippen LogP contribution is -2.41. The van der Waals surface area contributed by atoms with Crippen molar-refractivity contribution in [3.8, 4) is 0 Å². The first-order valence-electron chi connectivity index (χ1n) is 5.96. The lowest BCUT2D eigenvalue weighted by atomic mass is 10.0. The molecule has 2 nitrogen and oxygen atoms in total. The van der Waals surface area contributed by atoms with Crippen LogP contribution in [-0.4, -0.2) is 23.3 Å². The summed E-state index contributed by atoms with van der Waals surface area (Å²) in [4.78, 5) is 0. The van der Waals surface area contributed by atoms with E-state index in [9.17, 15) is 0 Å². The minimum absolute atomic E-state index is 0.108. The van der Waals surface area contributed by atoms with E-state index in [1.165, 1.54) is 19.3 Å². The molecular weight excluding hydrogens is 174 g/mol. The molecule has 0 radical (unpaired) electrons. The SMILES string of the molecule is CC(C)CCCC(C)NC1(CO)CC1. The topological polar surface area (TPSA) is 32.3 Å². The maximum absolute atomic E-state index is 9.16. The van der Waals surface area contributed by atoms with E-state index in [2.05, 4.69) is 26.1 Å². The minimum Gasteiger partial charge on any atom is -0.394 e. The second-order valence-electron chi connectivity index (χ2n) is 5.31. The van der Waals surface area contributed by atoms with Crippen LogP contribution >= 0.6 is 0 Å². The van der Waals surface area contributed by atoms with Gasteiger partial charge in [-0.2, -0.15) is 0 Å². The molecule has 14 heavy (non-hydrogen) atoms. The quantitative estimate of drug-likeness (QED) is 0.659. The third-order valence-corrected chi connectivity index (χ3v) is 3.13. The van der Waals surface area contributed by atoms with Crippen molar-refractivity contribution in [1.29, 1.82) is 0 Å². The summed E-state index contributed by atoms with van der Waals surface area (Å²) in [5.74, 6) is 0.815. The van der Waals surface area contributed by atoms with Crippen LogP contribution in [0.1, 0.15) is 52.9 Å². The summed E-state index contributed by atoms with van der Waals surface area (Å²) in [5, 5.41) is 12.7. The first-order valence-corrected chi connectivity index (χ1v) is 5.96. The van der Waals surface area contributed by atoms with E-state index in [4.69, 9.17) is 5.11 Å². The van der Waals surface area contributed by atoms with Crippen LogP contribution < -0.4 is 5.32 Å². The molecule has 1 rings (SSSR count). The highest BCUT2D eigenvalue weighted by molar-refractivity contribution is 5.02. The molecule has 2 N–H and O–H groups in total. The Balaban J connectivity index is 2.07. The van der Waals surface area contributed by atoms with Crippen molar-refractivity contribution < 1.29 is 5.11 Å². The average Bonchev–Trinajstić information content (AvgIpc) is 2.85. The van der Waals surface area contributed by atoms with E-state index in [0.717, 1.165) is 18.8 Å². The largest absolute Gasteiger partial charge is 0.394 e. The van der Waals surface area contributed by atoms with Gasteiger partial charge in [-0.1, -0.05) is 26.7 Å². The Morgan fingerprint density at radius 3 is 2.29 bits per heavy atom. The highest BCUT2D eigenvalue weighted by atomic mass is 16.3. The van der Waals surface area contributed by atoms with Gasteiger partial charge in [0.1, 0.15) is 0 Å². The zero-order valence-electron chi connectivity index (χ0n) is 9.84. The lowest BCUT2D eigenvalue weighted by molar-refractivity contribution is 0.217. The summed E-state index contributed by atoms with van der Waals surface area (Å²) in [5.41, 5.74) is 0.108. The number of hydrogen-bond donors (Lipinski definition) is 2. The first-order chi connectivity index (χ1) is 6.58. The van der Waals surface area contributed by atoms with Crippen LogP contribution in [0, 0.1) is 5.92 Å². The molecular formula is C12H25NO. The maximum Gasteiger partial charge on any atom is 0.0613 e. The number of hydrogen-bond acceptors (Lipinski definition) is 2. The smallest absolute Gasteiger partial charge is 0.0613 e. The van der Waals surface area contributed by atoms with Crippen molar-refractivity contribution in [2.75, 3.05) is 6.61 Å². The fraction of sp³-hybridized carbons (Fsp3) is 1.00. The first kappa shape index (κ1) is 12.0. The third kappa shape index (κ3) is 3.97. The molecule has 0 spiro atoms. The van der Waals surface area contributed by atoms with Gasteiger partial charge >= 0.3 is 0 Å². The number of rotatable bonds is 7. The van der Waals surface area contributed by atoms with Crippen LogP contribution in [0.2, 0.25) is 0 Å². The predicted octanol–water partition coefficient (Wildman–Crippen LogP) is 2.32. The molecule has 1 aliphatic rings. The van der Waals surface area contributed by atoms with E-state index >= 15 is 0 Å². The molecule has 0 aliphatic heterocycles. The van der Waals surface area contributed by atoms with Crippen molar-refractivity contribution in [2.24, 2.45) is 5.92 Å². The molecule has 0 aromatic heterocycles. The van der Waals surface area contributed by atoms with Crippen LogP contribution in [0.3, 0.4) is 0 Å². The fourth-order valence-electron chi connectivity index (χ4n) is 1.93. The lowest BCUT2D eigenvalue weighted by Gasteiger charge is -2.21. The Hall–Kier alpha value is -0.0800. The Morgan fingerprint density at radius 1 is 1.21 bits per heavy atom. The zero-order valence-corrected chi connectivity index (χ0v) is 9.84.